The molecule has 174 valence electrons. The molecule has 1 aliphatic rings. The number of nitrogens with zero attached hydrogens (tertiary/aromatic N) is 1. The lowest BCUT2D eigenvalue weighted by atomic mass is 10.1. The van der Waals surface area contributed by atoms with E-state index in [0.29, 0.717) is 47.3 Å². The van der Waals surface area contributed by atoms with Crippen molar-refractivity contribution in [3.63, 3.8) is 0 Å². The summed E-state index contributed by atoms with van der Waals surface area (Å²) in [4.78, 5) is 17.9. The van der Waals surface area contributed by atoms with Crippen molar-refractivity contribution < 1.29 is 14.2 Å². The summed E-state index contributed by atoms with van der Waals surface area (Å²) in [6, 6.07) is 15.6. The molecule has 0 unspecified atom stereocenters. The third-order valence-corrected chi connectivity index (χ3v) is 6.20. The van der Waals surface area contributed by atoms with Crippen molar-refractivity contribution in [2.45, 2.75) is 32.0 Å². The van der Waals surface area contributed by atoms with E-state index in [4.69, 9.17) is 26.4 Å². The summed E-state index contributed by atoms with van der Waals surface area (Å²) in [5.74, 6) is 1.18. The molecule has 0 aliphatic carbocycles. The predicted molar refractivity (Wildman–Crippen MR) is 133 cm³/mol. The van der Waals surface area contributed by atoms with E-state index in [9.17, 15) is 4.79 Å². The SMILES string of the molecule is COc1cc2cc(CN(Cc3ccccc3)C(=S)NC[C@H]3CCCO3)c(=O)[nH]c2cc1OC. The number of ether oxygens (including phenoxy) is 3. The lowest BCUT2D eigenvalue weighted by Gasteiger charge is -2.27. The van der Waals surface area contributed by atoms with Crippen molar-refractivity contribution in [2.75, 3.05) is 27.4 Å². The first-order valence-corrected chi connectivity index (χ1v) is 11.4. The number of methoxy groups -OCH3 is 2. The van der Waals surface area contributed by atoms with E-state index in [1.54, 1.807) is 20.3 Å². The van der Waals surface area contributed by atoms with Crippen LogP contribution in [0.3, 0.4) is 0 Å². The van der Waals surface area contributed by atoms with Crippen LogP contribution in [0.15, 0.2) is 53.3 Å². The van der Waals surface area contributed by atoms with E-state index in [1.165, 1.54) is 0 Å². The molecule has 4 rings (SSSR count). The molecule has 0 bridgehead atoms. The number of nitrogens with one attached hydrogen (secondary N) is 2. The molecule has 1 aliphatic heterocycles. The normalized spacial score (nSPS) is 15.4. The fourth-order valence-electron chi connectivity index (χ4n) is 4.02. The van der Waals surface area contributed by atoms with Crippen LogP contribution in [-0.4, -0.2) is 48.5 Å². The molecule has 0 amide bonds. The maximum absolute atomic E-state index is 12.9. The van der Waals surface area contributed by atoms with Crippen molar-refractivity contribution in [3.8, 4) is 11.5 Å². The van der Waals surface area contributed by atoms with Gasteiger partial charge in [-0.3, -0.25) is 4.79 Å². The topological polar surface area (TPSA) is 75.8 Å². The Morgan fingerprint density at radius 3 is 2.61 bits per heavy atom. The Hall–Kier alpha value is -3.10. The second kappa shape index (κ2) is 10.7. The molecule has 3 aromatic rings. The molecule has 2 heterocycles. The second-order valence-electron chi connectivity index (χ2n) is 8.08. The van der Waals surface area contributed by atoms with Crippen LogP contribution < -0.4 is 20.3 Å². The third-order valence-electron chi connectivity index (χ3n) is 5.79. The molecule has 0 saturated carbocycles. The zero-order valence-corrected chi connectivity index (χ0v) is 19.7. The van der Waals surface area contributed by atoms with Crippen LogP contribution in [-0.2, 0) is 17.8 Å². The number of hydrogen-bond donors (Lipinski definition) is 2. The van der Waals surface area contributed by atoms with Crippen molar-refractivity contribution >= 4 is 28.2 Å². The molecule has 1 aromatic heterocycles. The largest absolute Gasteiger partial charge is 0.493 e. The van der Waals surface area contributed by atoms with Gasteiger partial charge in [-0.15, -0.1) is 0 Å². The van der Waals surface area contributed by atoms with Gasteiger partial charge in [-0.2, -0.15) is 0 Å². The van der Waals surface area contributed by atoms with Crippen molar-refractivity contribution in [2.24, 2.45) is 0 Å². The Morgan fingerprint density at radius 2 is 1.91 bits per heavy atom. The van der Waals surface area contributed by atoms with Gasteiger partial charge in [0.1, 0.15) is 0 Å². The molecule has 1 atom stereocenters. The number of hydrogen-bond acceptors (Lipinski definition) is 5. The number of aromatic nitrogens is 1. The first-order valence-electron chi connectivity index (χ1n) is 11.0. The van der Waals surface area contributed by atoms with Crippen molar-refractivity contribution in [3.05, 3.63) is 70.0 Å². The molecule has 8 heteroatoms. The van der Waals surface area contributed by atoms with Crippen LogP contribution in [0.2, 0.25) is 0 Å². The molecule has 2 N–H and O–H groups in total. The van der Waals surface area contributed by atoms with Crippen molar-refractivity contribution in [1.29, 1.82) is 0 Å². The highest BCUT2D eigenvalue weighted by Crippen LogP contribution is 2.31. The van der Waals surface area contributed by atoms with Gasteiger partial charge in [0.15, 0.2) is 16.6 Å². The lowest BCUT2D eigenvalue weighted by Crippen LogP contribution is -2.42. The number of fused-ring (bicyclic) bond motifs is 1. The van der Waals surface area contributed by atoms with Gasteiger partial charge in [-0.25, -0.2) is 0 Å². The summed E-state index contributed by atoms with van der Waals surface area (Å²) in [6.45, 7) is 2.41. The lowest BCUT2D eigenvalue weighted by molar-refractivity contribution is 0.113. The third kappa shape index (κ3) is 5.64. The smallest absolute Gasteiger partial charge is 0.253 e. The van der Waals surface area contributed by atoms with Gasteiger partial charge in [-0.05, 0) is 42.8 Å². The number of aromatic amines is 1. The minimum absolute atomic E-state index is 0.158. The van der Waals surface area contributed by atoms with Crippen LogP contribution in [0, 0.1) is 0 Å². The van der Waals surface area contributed by atoms with E-state index in [1.807, 2.05) is 35.2 Å². The highest BCUT2D eigenvalue weighted by molar-refractivity contribution is 7.80. The summed E-state index contributed by atoms with van der Waals surface area (Å²) in [7, 11) is 3.16. The summed E-state index contributed by atoms with van der Waals surface area (Å²) in [5.41, 5.74) is 2.26. The molecule has 1 fully saturated rings. The number of thiocarbonyl (C=S) groups is 1. The highest BCUT2D eigenvalue weighted by atomic mass is 32.1. The van der Waals surface area contributed by atoms with Gasteiger partial charge in [0.2, 0.25) is 0 Å². The van der Waals surface area contributed by atoms with Gasteiger partial charge in [0, 0.05) is 36.7 Å². The molecule has 1 saturated heterocycles. The average molecular weight is 468 g/mol. The Bertz CT molecular complexity index is 1160. The average Bonchev–Trinajstić information content (AvgIpc) is 3.36. The fourth-order valence-corrected chi connectivity index (χ4v) is 4.24. The molecule has 0 spiro atoms. The van der Waals surface area contributed by atoms with E-state index in [0.717, 1.165) is 30.4 Å². The summed E-state index contributed by atoms with van der Waals surface area (Å²) < 4.78 is 16.5. The Kier molecular flexibility index (Phi) is 7.47. The number of benzene rings is 2. The number of H-pyrrole nitrogens is 1. The van der Waals surface area contributed by atoms with Gasteiger partial charge >= 0.3 is 0 Å². The van der Waals surface area contributed by atoms with E-state index < -0.39 is 0 Å². The van der Waals surface area contributed by atoms with Crippen molar-refractivity contribution in [1.82, 2.24) is 15.2 Å². The number of rotatable bonds is 8. The van der Waals surface area contributed by atoms with Gasteiger partial charge in [0.25, 0.3) is 5.56 Å². The van der Waals surface area contributed by atoms with Crippen LogP contribution in [0.25, 0.3) is 10.9 Å². The van der Waals surface area contributed by atoms with Gasteiger partial charge in [-0.1, -0.05) is 30.3 Å². The first kappa shape index (κ1) is 23.1. The Labute approximate surface area is 198 Å². The summed E-state index contributed by atoms with van der Waals surface area (Å²) in [5, 5.41) is 4.80. The van der Waals surface area contributed by atoms with E-state index in [-0.39, 0.29) is 11.7 Å². The van der Waals surface area contributed by atoms with Crippen LogP contribution in [0.4, 0.5) is 0 Å². The summed E-state index contributed by atoms with van der Waals surface area (Å²) in [6.07, 6.45) is 2.28. The standard InChI is InChI=1S/C25H29N3O4S/c1-30-22-12-18-11-19(24(29)27-21(18)13-23(22)31-2)16-28(15-17-7-4-3-5-8-17)25(33)26-14-20-9-6-10-32-20/h3-5,7-8,11-13,20H,6,9-10,14-16H2,1-2H3,(H,26,33)(H,27,29)/t20-/m1/s1. The van der Waals surface area contributed by atoms with E-state index in [2.05, 4.69) is 22.4 Å². The molecule has 0 radical (unpaired) electrons. The second-order valence-corrected chi connectivity index (χ2v) is 8.47. The highest BCUT2D eigenvalue weighted by Gasteiger charge is 2.19. The number of pyridine rings is 1. The fraction of sp³-hybridized carbons (Fsp3) is 0.360. The van der Waals surface area contributed by atoms with Gasteiger partial charge < -0.3 is 29.4 Å². The quantitative estimate of drug-likeness (QED) is 0.490. The monoisotopic (exact) mass is 467 g/mol. The van der Waals surface area contributed by atoms with E-state index >= 15 is 0 Å². The first-order chi connectivity index (χ1) is 16.1. The predicted octanol–water partition coefficient (Wildman–Crippen LogP) is 3.60. The van der Waals surface area contributed by atoms with Crippen LogP contribution in [0.1, 0.15) is 24.0 Å². The summed E-state index contributed by atoms with van der Waals surface area (Å²) >= 11 is 5.73. The van der Waals surface area contributed by atoms with Crippen LogP contribution in [0.5, 0.6) is 11.5 Å². The van der Waals surface area contributed by atoms with Crippen LogP contribution >= 0.6 is 12.2 Å². The molecular weight excluding hydrogens is 438 g/mol. The molecule has 2 aromatic carbocycles. The van der Waals surface area contributed by atoms with Gasteiger partial charge in [0.05, 0.1) is 32.4 Å². The minimum Gasteiger partial charge on any atom is -0.493 e. The maximum Gasteiger partial charge on any atom is 0.253 e. The maximum atomic E-state index is 12.9. The Morgan fingerprint density at radius 1 is 1.15 bits per heavy atom. The zero-order valence-electron chi connectivity index (χ0n) is 18.9. The zero-order chi connectivity index (χ0) is 23.2. The Balaban J connectivity index is 1.60. The molecule has 33 heavy (non-hydrogen) atoms. The molecular formula is C25H29N3O4S. The molecule has 7 nitrogen and oxygen atoms in total. The minimum atomic E-state index is -0.158.